The molecule has 1 fully saturated rings. The molecule has 2 aliphatic heterocycles. The second-order valence-electron chi connectivity index (χ2n) is 7.39. The molecule has 1 atom stereocenters. The van der Waals surface area contributed by atoms with Crippen molar-refractivity contribution >= 4 is 0 Å². The average Bonchev–Trinajstić information content (AvgIpc) is 3.43. The first kappa shape index (κ1) is 16.6. The molecule has 0 bridgehead atoms. The summed E-state index contributed by atoms with van der Waals surface area (Å²) >= 11 is 0. The number of rotatable bonds is 4. The van der Waals surface area contributed by atoms with E-state index in [0.29, 0.717) is 6.61 Å². The van der Waals surface area contributed by atoms with Crippen LogP contribution in [0, 0.1) is 0 Å². The number of likely N-dealkylation sites (tertiary alicyclic amines) is 1. The monoisotopic (exact) mass is 365 g/mol. The van der Waals surface area contributed by atoms with Crippen LogP contribution in [0.25, 0.3) is 11.3 Å². The van der Waals surface area contributed by atoms with Crippen LogP contribution >= 0.6 is 0 Å². The van der Waals surface area contributed by atoms with Crippen LogP contribution in [0.4, 0.5) is 0 Å². The summed E-state index contributed by atoms with van der Waals surface area (Å²) in [6.07, 6.45) is 4.71. The van der Waals surface area contributed by atoms with Crippen molar-refractivity contribution < 1.29 is 13.9 Å². The number of imidazole rings is 1. The summed E-state index contributed by atoms with van der Waals surface area (Å²) in [5, 5.41) is 0. The second kappa shape index (κ2) is 6.55. The molecule has 140 valence electrons. The molecule has 6 heteroatoms. The lowest BCUT2D eigenvalue weighted by Gasteiger charge is -2.35. The zero-order valence-corrected chi connectivity index (χ0v) is 15.4. The fraction of sp³-hybridized carbons (Fsp3) is 0.381. The minimum Gasteiger partial charge on any atom is -0.497 e. The van der Waals surface area contributed by atoms with E-state index in [1.165, 1.54) is 0 Å². The summed E-state index contributed by atoms with van der Waals surface area (Å²) in [7, 11) is 1.69. The Labute approximate surface area is 158 Å². The van der Waals surface area contributed by atoms with Gasteiger partial charge in [-0.1, -0.05) is 0 Å². The van der Waals surface area contributed by atoms with Crippen LogP contribution in [0.15, 0.2) is 53.3 Å². The van der Waals surface area contributed by atoms with Crippen molar-refractivity contribution in [1.29, 1.82) is 0 Å². The zero-order valence-electron chi connectivity index (χ0n) is 15.4. The fourth-order valence-corrected chi connectivity index (χ4v) is 4.18. The summed E-state index contributed by atoms with van der Waals surface area (Å²) in [5.41, 5.74) is 2.14. The van der Waals surface area contributed by atoms with Gasteiger partial charge in [0, 0.05) is 18.7 Å². The number of benzene rings is 1. The topological polar surface area (TPSA) is 52.7 Å². The Bertz CT molecular complexity index is 917. The van der Waals surface area contributed by atoms with Gasteiger partial charge in [0.15, 0.2) is 0 Å². The van der Waals surface area contributed by atoms with Gasteiger partial charge in [-0.25, -0.2) is 4.98 Å². The Morgan fingerprint density at radius 1 is 1.19 bits per heavy atom. The van der Waals surface area contributed by atoms with Gasteiger partial charge >= 0.3 is 0 Å². The zero-order chi connectivity index (χ0) is 18.3. The molecule has 0 unspecified atom stereocenters. The van der Waals surface area contributed by atoms with E-state index < -0.39 is 0 Å². The van der Waals surface area contributed by atoms with E-state index in [4.69, 9.17) is 13.9 Å². The van der Waals surface area contributed by atoms with Crippen molar-refractivity contribution in [3.05, 3.63) is 60.4 Å². The van der Waals surface area contributed by atoms with Gasteiger partial charge in [-0.15, -0.1) is 0 Å². The SMILES string of the molecule is COc1ccc(-c2cnc3n2C[C@]2(CCN(Cc4ccco4)C2)OC3)cc1. The first-order valence-corrected chi connectivity index (χ1v) is 9.32. The van der Waals surface area contributed by atoms with Crippen molar-refractivity contribution in [3.63, 3.8) is 0 Å². The maximum atomic E-state index is 6.31. The second-order valence-corrected chi connectivity index (χ2v) is 7.39. The van der Waals surface area contributed by atoms with Gasteiger partial charge in [0.1, 0.15) is 29.5 Å². The smallest absolute Gasteiger partial charge is 0.135 e. The lowest BCUT2D eigenvalue weighted by molar-refractivity contribution is -0.0823. The Balaban J connectivity index is 1.37. The normalized spacial score (nSPS) is 22.3. The highest BCUT2D eigenvalue weighted by Crippen LogP contribution is 2.35. The number of hydrogen-bond donors (Lipinski definition) is 0. The van der Waals surface area contributed by atoms with Crippen LogP contribution in [-0.2, 0) is 24.4 Å². The molecule has 27 heavy (non-hydrogen) atoms. The minimum atomic E-state index is -0.151. The predicted molar refractivity (Wildman–Crippen MR) is 100 cm³/mol. The Morgan fingerprint density at radius 2 is 2.07 bits per heavy atom. The van der Waals surface area contributed by atoms with Crippen molar-refractivity contribution in [2.45, 2.75) is 31.7 Å². The highest BCUT2D eigenvalue weighted by atomic mass is 16.5. The Hall–Kier alpha value is -2.57. The molecular weight excluding hydrogens is 342 g/mol. The maximum absolute atomic E-state index is 6.31. The number of ether oxygens (including phenoxy) is 2. The summed E-state index contributed by atoms with van der Waals surface area (Å²) < 4.78 is 19.4. The van der Waals surface area contributed by atoms with Crippen LogP contribution in [0.1, 0.15) is 18.0 Å². The van der Waals surface area contributed by atoms with E-state index in [-0.39, 0.29) is 5.60 Å². The van der Waals surface area contributed by atoms with Gasteiger partial charge in [-0.2, -0.15) is 0 Å². The molecule has 4 heterocycles. The molecule has 1 aromatic carbocycles. The van der Waals surface area contributed by atoms with Gasteiger partial charge in [0.05, 0.1) is 38.4 Å². The number of aromatic nitrogens is 2. The van der Waals surface area contributed by atoms with Crippen molar-refractivity contribution in [1.82, 2.24) is 14.5 Å². The van der Waals surface area contributed by atoms with Crippen LogP contribution in [0.2, 0.25) is 0 Å². The highest BCUT2D eigenvalue weighted by Gasteiger charge is 2.43. The summed E-state index contributed by atoms with van der Waals surface area (Å²) in [5.74, 6) is 2.86. The maximum Gasteiger partial charge on any atom is 0.135 e. The third-order valence-electron chi connectivity index (χ3n) is 5.63. The third kappa shape index (κ3) is 3.05. The van der Waals surface area contributed by atoms with E-state index in [9.17, 15) is 0 Å². The largest absolute Gasteiger partial charge is 0.497 e. The van der Waals surface area contributed by atoms with Gasteiger partial charge in [0.25, 0.3) is 0 Å². The van der Waals surface area contributed by atoms with Crippen molar-refractivity contribution in [3.8, 4) is 17.0 Å². The van der Waals surface area contributed by atoms with E-state index in [2.05, 4.69) is 26.6 Å². The molecule has 2 aromatic heterocycles. The van der Waals surface area contributed by atoms with Crippen LogP contribution < -0.4 is 4.74 Å². The van der Waals surface area contributed by atoms with Crippen molar-refractivity contribution in [2.24, 2.45) is 0 Å². The van der Waals surface area contributed by atoms with Gasteiger partial charge in [-0.05, 0) is 42.8 Å². The number of nitrogens with zero attached hydrogens (tertiary/aromatic N) is 3. The van der Waals surface area contributed by atoms with Crippen LogP contribution in [-0.4, -0.2) is 40.3 Å². The minimum absolute atomic E-state index is 0.151. The Morgan fingerprint density at radius 3 is 2.85 bits per heavy atom. The predicted octanol–water partition coefficient (Wildman–Crippen LogP) is 3.33. The van der Waals surface area contributed by atoms with E-state index in [1.807, 2.05) is 30.5 Å². The number of methoxy groups -OCH3 is 1. The molecule has 2 aliphatic rings. The lowest BCUT2D eigenvalue weighted by atomic mass is 10.0. The summed E-state index contributed by atoms with van der Waals surface area (Å²) in [6, 6.07) is 12.1. The number of fused-ring (bicyclic) bond motifs is 1. The molecule has 0 radical (unpaired) electrons. The molecule has 0 N–H and O–H groups in total. The third-order valence-corrected chi connectivity index (χ3v) is 5.63. The summed E-state index contributed by atoms with van der Waals surface area (Å²) in [6.45, 7) is 4.15. The van der Waals surface area contributed by atoms with Crippen LogP contribution in [0.5, 0.6) is 5.75 Å². The van der Waals surface area contributed by atoms with E-state index in [0.717, 1.165) is 61.2 Å². The van der Waals surface area contributed by atoms with E-state index >= 15 is 0 Å². The van der Waals surface area contributed by atoms with Gasteiger partial charge in [0.2, 0.25) is 0 Å². The summed E-state index contributed by atoms with van der Waals surface area (Å²) in [4.78, 5) is 7.00. The quantitative estimate of drug-likeness (QED) is 0.710. The fourth-order valence-electron chi connectivity index (χ4n) is 4.18. The molecule has 0 aliphatic carbocycles. The van der Waals surface area contributed by atoms with Crippen molar-refractivity contribution in [2.75, 3.05) is 20.2 Å². The van der Waals surface area contributed by atoms with Gasteiger partial charge < -0.3 is 18.5 Å². The van der Waals surface area contributed by atoms with Crippen LogP contribution in [0.3, 0.4) is 0 Å². The Kier molecular flexibility index (Phi) is 4.02. The molecule has 6 nitrogen and oxygen atoms in total. The standard InChI is InChI=1S/C21H23N3O3/c1-25-17-6-4-16(5-7-17)19-11-22-20-13-27-21(15-24(19)20)8-9-23(14-21)12-18-3-2-10-26-18/h2-7,10-11H,8-9,12-15H2,1H3/t21-/m1/s1. The molecule has 1 spiro atoms. The average molecular weight is 365 g/mol. The lowest BCUT2D eigenvalue weighted by Crippen LogP contribution is -2.44. The van der Waals surface area contributed by atoms with Gasteiger partial charge in [-0.3, -0.25) is 4.90 Å². The first-order valence-electron chi connectivity index (χ1n) is 9.32. The first-order chi connectivity index (χ1) is 13.2. The molecule has 1 saturated heterocycles. The number of furan rings is 1. The molecule has 0 amide bonds. The molecule has 0 saturated carbocycles. The number of hydrogen-bond acceptors (Lipinski definition) is 5. The molecule has 5 rings (SSSR count). The van der Waals surface area contributed by atoms with E-state index in [1.54, 1.807) is 13.4 Å². The highest BCUT2D eigenvalue weighted by molar-refractivity contribution is 5.60. The molecule has 3 aromatic rings. The molecular formula is C21H23N3O3.